The predicted octanol–water partition coefficient (Wildman–Crippen LogP) is 1.92. The minimum Gasteiger partial charge on any atom is -0.481 e. The van der Waals surface area contributed by atoms with Crippen LogP contribution in [0.15, 0.2) is 0 Å². The van der Waals surface area contributed by atoms with Crippen molar-refractivity contribution in [3.05, 3.63) is 0 Å². The Balaban J connectivity index is 2.33. The number of aliphatic carboxylic acids is 1. The number of carbonyl (C=O) groups is 1. The molecule has 0 aromatic rings. The summed E-state index contributed by atoms with van der Waals surface area (Å²) in [6.07, 6.45) is 4.23. The van der Waals surface area contributed by atoms with E-state index >= 15 is 0 Å². The molecule has 0 amide bonds. The van der Waals surface area contributed by atoms with Gasteiger partial charge in [-0.15, -0.1) is 0 Å². The highest BCUT2D eigenvalue weighted by atomic mass is 32.2. The van der Waals surface area contributed by atoms with Crippen molar-refractivity contribution in [1.29, 1.82) is 0 Å². The van der Waals surface area contributed by atoms with E-state index in [1.807, 2.05) is 11.8 Å². The van der Waals surface area contributed by atoms with Gasteiger partial charge in [-0.05, 0) is 26.9 Å². The van der Waals surface area contributed by atoms with Crippen molar-refractivity contribution in [3.63, 3.8) is 0 Å². The summed E-state index contributed by atoms with van der Waals surface area (Å²) >= 11 is 1.84. The van der Waals surface area contributed by atoms with Crippen LogP contribution in [0.25, 0.3) is 0 Å². The molecule has 88 valence electrons. The Morgan fingerprint density at radius 2 is 2.07 bits per heavy atom. The molecule has 0 aromatic heterocycles. The zero-order valence-corrected chi connectivity index (χ0v) is 10.4. The molecule has 0 bridgehead atoms. The van der Waals surface area contributed by atoms with Gasteiger partial charge in [0.15, 0.2) is 0 Å². The van der Waals surface area contributed by atoms with Gasteiger partial charge in [-0.1, -0.05) is 12.8 Å². The zero-order valence-electron chi connectivity index (χ0n) is 9.61. The Morgan fingerprint density at radius 3 is 2.67 bits per heavy atom. The van der Waals surface area contributed by atoms with Crippen LogP contribution in [0.1, 0.15) is 25.7 Å². The molecule has 1 fully saturated rings. The van der Waals surface area contributed by atoms with Crippen molar-refractivity contribution in [2.45, 2.75) is 30.9 Å². The molecular formula is C11H21NO2S. The van der Waals surface area contributed by atoms with Gasteiger partial charge in [0.25, 0.3) is 0 Å². The third kappa shape index (κ3) is 4.43. The summed E-state index contributed by atoms with van der Waals surface area (Å²) < 4.78 is 0. The molecule has 4 heteroatoms. The Hall–Kier alpha value is -0.220. The molecule has 1 saturated carbocycles. The first-order valence-corrected chi connectivity index (χ1v) is 6.65. The summed E-state index contributed by atoms with van der Waals surface area (Å²) in [5.74, 6) is 0.338. The van der Waals surface area contributed by atoms with Gasteiger partial charge in [0, 0.05) is 17.5 Å². The lowest BCUT2D eigenvalue weighted by Gasteiger charge is -2.28. The van der Waals surface area contributed by atoms with Gasteiger partial charge in [-0.3, -0.25) is 4.79 Å². The first kappa shape index (κ1) is 12.8. The predicted molar refractivity (Wildman–Crippen MR) is 64.4 cm³/mol. The lowest BCUT2D eigenvalue weighted by atomic mass is 9.89. The SMILES string of the molecule is CN(C)CCSC1CCCCC1C(=O)O. The second-order valence-electron chi connectivity index (χ2n) is 4.44. The van der Waals surface area contributed by atoms with Crippen molar-refractivity contribution in [1.82, 2.24) is 4.90 Å². The standard InChI is InChI=1S/C11H21NO2S/c1-12(2)7-8-15-10-6-4-3-5-9(10)11(13)14/h9-10H,3-8H2,1-2H3,(H,13,14). The van der Waals surface area contributed by atoms with E-state index in [1.54, 1.807) is 0 Å². The number of carboxylic acid groups (broad SMARTS) is 1. The van der Waals surface area contributed by atoms with Crippen molar-refractivity contribution >= 4 is 17.7 Å². The minimum absolute atomic E-state index is 0.106. The highest BCUT2D eigenvalue weighted by molar-refractivity contribution is 7.99. The molecule has 1 aliphatic carbocycles. The molecular weight excluding hydrogens is 210 g/mol. The summed E-state index contributed by atoms with van der Waals surface area (Å²) in [5, 5.41) is 9.44. The van der Waals surface area contributed by atoms with Gasteiger partial charge in [-0.25, -0.2) is 0 Å². The lowest BCUT2D eigenvalue weighted by Crippen LogP contribution is -2.30. The Morgan fingerprint density at radius 1 is 1.40 bits per heavy atom. The van der Waals surface area contributed by atoms with Gasteiger partial charge in [0.1, 0.15) is 0 Å². The Labute approximate surface area is 96.2 Å². The Bertz CT molecular complexity index is 209. The maximum atomic E-state index is 11.0. The quantitative estimate of drug-likeness (QED) is 0.785. The molecule has 15 heavy (non-hydrogen) atoms. The number of hydrogen-bond acceptors (Lipinski definition) is 3. The maximum absolute atomic E-state index is 11.0. The average molecular weight is 231 g/mol. The number of rotatable bonds is 5. The van der Waals surface area contributed by atoms with Crippen LogP contribution in [0.4, 0.5) is 0 Å². The van der Waals surface area contributed by atoms with Crippen molar-refractivity contribution in [2.24, 2.45) is 5.92 Å². The van der Waals surface area contributed by atoms with Crippen molar-refractivity contribution in [3.8, 4) is 0 Å². The molecule has 2 atom stereocenters. The monoisotopic (exact) mass is 231 g/mol. The second kappa shape index (κ2) is 6.38. The summed E-state index contributed by atoms with van der Waals surface area (Å²) in [6, 6.07) is 0. The summed E-state index contributed by atoms with van der Waals surface area (Å²) in [7, 11) is 4.10. The smallest absolute Gasteiger partial charge is 0.307 e. The van der Waals surface area contributed by atoms with E-state index in [2.05, 4.69) is 19.0 Å². The van der Waals surface area contributed by atoms with Gasteiger partial charge < -0.3 is 10.0 Å². The fourth-order valence-electron chi connectivity index (χ4n) is 1.97. The lowest BCUT2D eigenvalue weighted by molar-refractivity contribution is -0.142. The summed E-state index contributed by atoms with van der Waals surface area (Å²) in [5.41, 5.74) is 0. The highest BCUT2D eigenvalue weighted by Gasteiger charge is 2.30. The molecule has 0 saturated heterocycles. The molecule has 0 heterocycles. The van der Waals surface area contributed by atoms with Gasteiger partial charge in [0.05, 0.1) is 5.92 Å². The molecule has 0 radical (unpaired) electrons. The van der Waals surface area contributed by atoms with Crippen LogP contribution >= 0.6 is 11.8 Å². The molecule has 0 aliphatic heterocycles. The van der Waals surface area contributed by atoms with Crippen molar-refractivity contribution < 1.29 is 9.90 Å². The van der Waals surface area contributed by atoms with Crippen LogP contribution in [-0.4, -0.2) is 47.6 Å². The van der Waals surface area contributed by atoms with E-state index < -0.39 is 5.97 Å². The van der Waals surface area contributed by atoms with Gasteiger partial charge in [0.2, 0.25) is 0 Å². The van der Waals surface area contributed by atoms with E-state index in [9.17, 15) is 4.79 Å². The zero-order chi connectivity index (χ0) is 11.3. The summed E-state index contributed by atoms with van der Waals surface area (Å²) in [4.78, 5) is 13.2. The number of carboxylic acids is 1. The van der Waals surface area contributed by atoms with Crippen LogP contribution in [-0.2, 0) is 4.79 Å². The van der Waals surface area contributed by atoms with Gasteiger partial charge >= 0.3 is 5.97 Å². The van der Waals surface area contributed by atoms with E-state index in [1.165, 1.54) is 6.42 Å². The molecule has 0 aromatic carbocycles. The van der Waals surface area contributed by atoms with E-state index in [0.29, 0.717) is 5.25 Å². The minimum atomic E-state index is -0.600. The number of nitrogens with zero attached hydrogens (tertiary/aromatic N) is 1. The van der Waals surface area contributed by atoms with Crippen LogP contribution in [0, 0.1) is 5.92 Å². The maximum Gasteiger partial charge on any atom is 0.307 e. The third-order valence-corrected chi connectivity index (χ3v) is 4.30. The fraction of sp³-hybridized carbons (Fsp3) is 0.909. The molecule has 3 nitrogen and oxygen atoms in total. The average Bonchev–Trinajstić information content (AvgIpc) is 2.17. The van der Waals surface area contributed by atoms with Crippen LogP contribution in [0.2, 0.25) is 0 Å². The molecule has 1 aliphatic rings. The van der Waals surface area contributed by atoms with Crippen LogP contribution in [0.5, 0.6) is 0 Å². The normalized spacial score (nSPS) is 26.9. The first-order chi connectivity index (χ1) is 7.11. The Kier molecular flexibility index (Phi) is 5.47. The molecule has 1 rings (SSSR count). The fourth-order valence-corrected chi connectivity index (χ4v) is 3.56. The molecule has 2 unspecified atom stereocenters. The first-order valence-electron chi connectivity index (χ1n) is 5.60. The van der Waals surface area contributed by atoms with Crippen LogP contribution < -0.4 is 0 Å². The summed E-state index contributed by atoms with van der Waals surface area (Å²) in [6.45, 7) is 1.04. The molecule has 0 spiro atoms. The molecule has 1 N–H and O–H groups in total. The van der Waals surface area contributed by atoms with Crippen LogP contribution in [0.3, 0.4) is 0 Å². The number of hydrogen-bond donors (Lipinski definition) is 1. The van der Waals surface area contributed by atoms with Gasteiger partial charge in [-0.2, -0.15) is 11.8 Å². The largest absolute Gasteiger partial charge is 0.481 e. The highest BCUT2D eigenvalue weighted by Crippen LogP contribution is 2.33. The van der Waals surface area contributed by atoms with Crippen molar-refractivity contribution in [2.75, 3.05) is 26.4 Å². The van der Waals surface area contributed by atoms with E-state index in [0.717, 1.165) is 31.6 Å². The third-order valence-electron chi connectivity index (χ3n) is 2.89. The van der Waals surface area contributed by atoms with E-state index in [4.69, 9.17) is 5.11 Å². The second-order valence-corrected chi connectivity index (χ2v) is 5.79. The topological polar surface area (TPSA) is 40.5 Å². The number of thioether (sulfide) groups is 1. The van der Waals surface area contributed by atoms with E-state index in [-0.39, 0.29) is 5.92 Å².